The Bertz CT molecular complexity index is 582. The maximum Gasteiger partial charge on any atom is 0.127 e. The molecule has 0 bridgehead atoms. The molecule has 6 heteroatoms. The van der Waals surface area contributed by atoms with E-state index in [1.165, 1.54) is 6.07 Å². The number of hydrazine groups is 1. The fourth-order valence-corrected chi connectivity index (χ4v) is 2.28. The van der Waals surface area contributed by atoms with Gasteiger partial charge in [0.2, 0.25) is 0 Å². The van der Waals surface area contributed by atoms with Gasteiger partial charge in [0, 0.05) is 23.8 Å². The van der Waals surface area contributed by atoms with Gasteiger partial charge >= 0.3 is 0 Å². The van der Waals surface area contributed by atoms with Crippen LogP contribution in [-0.4, -0.2) is 9.78 Å². The first kappa shape index (κ1) is 14.0. The monoisotopic (exact) mass is 282 g/mol. The van der Waals surface area contributed by atoms with Crippen molar-refractivity contribution in [1.82, 2.24) is 15.2 Å². The molecule has 1 heterocycles. The van der Waals surface area contributed by atoms with Crippen molar-refractivity contribution in [3.8, 4) is 0 Å². The van der Waals surface area contributed by atoms with E-state index < -0.39 is 0 Å². The first-order chi connectivity index (χ1) is 9.01. The first-order valence-corrected chi connectivity index (χ1v) is 6.29. The van der Waals surface area contributed by atoms with E-state index in [0.717, 1.165) is 11.3 Å². The number of benzene rings is 1. The fourth-order valence-electron chi connectivity index (χ4n) is 2.13. The first-order valence-electron chi connectivity index (χ1n) is 5.91. The maximum atomic E-state index is 13.8. The van der Waals surface area contributed by atoms with E-state index in [-0.39, 0.29) is 11.9 Å². The Balaban J connectivity index is 2.26. The van der Waals surface area contributed by atoms with E-state index in [1.54, 1.807) is 16.8 Å². The molecule has 0 aliphatic heterocycles. The van der Waals surface area contributed by atoms with Crippen LogP contribution >= 0.6 is 11.6 Å². The van der Waals surface area contributed by atoms with Crippen molar-refractivity contribution < 1.29 is 4.39 Å². The van der Waals surface area contributed by atoms with Gasteiger partial charge in [-0.15, -0.1) is 0 Å². The van der Waals surface area contributed by atoms with Gasteiger partial charge in [-0.05, 0) is 31.0 Å². The second-order valence-corrected chi connectivity index (χ2v) is 4.94. The van der Waals surface area contributed by atoms with E-state index in [1.807, 2.05) is 20.2 Å². The molecular weight excluding hydrogens is 267 g/mol. The minimum absolute atomic E-state index is 0.190. The van der Waals surface area contributed by atoms with Crippen molar-refractivity contribution in [2.75, 3.05) is 0 Å². The van der Waals surface area contributed by atoms with Crippen LogP contribution in [0.2, 0.25) is 5.02 Å². The molecule has 102 valence electrons. The van der Waals surface area contributed by atoms with Crippen LogP contribution in [0.15, 0.2) is 24.4 Å². The summed E-state index contributed by atoms with van der Waals surface area (Å²) in [6.07, 6.45) is 2.32. The minimum Gasteiger partial charge on any atom is -0.275 e. The van der Waals surface area contributed by atoms with Gasteiger partial charge in [0.15, 0.2) is 0 Å². The van der Waals surface area contributed by atoms with Gasteiger partial charge in [-0.3, -0.25) is 16.0 Å². The highest BCUT2D eigenvalue weighted by atomic mass is 35.5. The van der Waals surface area contributed by atoms with Gasteiger partial charge in [0.1, 0.15) is 5.82 Å². The summed E-state index contributed by atoms with van der Waals surface area (Å²) in [6.45, 7) is 1.90. The highest BCUT2D eigenvalue weighted by molar-refractivity contribution is 6.30. The number of aromatic nitrogens is 2. The average molecular weight is 283 g/mol. The third kappa shape index (κ3) is 3.12. The molecule has 2 aromatic rings. The second-order valence-electron chi connectivity index (χ2n) is 4.50. The van der Waals surface area contributed by atoms with Gasteiger partial charge in [-0.1, -0.05) is 17.7 Å². The zero-order valence-electron chi connectivity index (χ0n) is 10.8. The van der Waals surface area contributed by atoms with Crippen molar-refractivity contribution >= 4 is 11.6 Å². The molecule has 19 heavy (non-hydrogen) atoms. The van der Waals surface area contributed by atoms with Crippen LogP contribution < -0.4 is 11.3 Å². The molecule has 0 spiro atoms. The summed E-state index contributed by atoms with van der Waals surface area (Å²) >= 11 is 5.74. The number of nitrogens with zero attached hydrogens (tertiary/aromatic N) is 2. The van der Waals surface area contributed by atoms with Crippen molar-refractivity contribution in [2.24, 2.45) is 12.9 Å². The number of rotatable bonds is 4. The zero-order valence-corrected chi connectivity index (χ0v) is 11.6. The van der Waals surface area contributed by atoms with Crippen LogP contribution in [0, 0.1) is 12.7 Å². The van der Waals surface area contributed by atoms with Gasteiger partial charge in [-0.25, -0.2) is 4.39 Å². The summed E-state index contributed by atoms with van der Waals surface area (Å²) in [5.74, 6) is 5.25. The van der Waals surface area contributed by atoms with E-state index >= 15 is 0 Å². The lowest BCUT2D eigenvalue weighted by Crippen LogP contribution is -2.30. The minimum atomic E-state index is -0.325. The lowest BCUT2D eigenvalue weighted by molar-refractivity contribution is 0.527. The van der Waals surface area contributed by atoms with Crippen LogP contribution in [-0.2, 0) is 13.5 Å². The Labute approximate surface area is 116 Å². The predicted molar refractivity (Wildman–Crippen MR) is 73.1 cm³/mol. The van der Waals surface area contributed by atoms with Crippen LogP contribution in [0.5, 0.6) is 0 Å². The van der Waals surface area contributed by atoms with E-state index in [9.17, 15) is 4.39 Å². The lowest BCUT2D eigenvalue weighted by atomic mass is 10.00. The molecule has 0 radical (unpaired) electrons. The third-order valence-corrected chi connectivity index (χ3v) is 3.30. The third-order valence-electron chi connectivity index (χ3n) is 3.07. The molecular formula is C13H16ClFN4. The lowest BCUT2D eigenvalue weighted by Gasteiger charge is -2.15. The van der Waals surface area contributed by atoms with Gasteiger partial charge in [0.25, 0.3) is 0 Å². The SMILES string of the molecule is Cc1nn(C)cc1C(Cc1ccc(Cl)cc1F)NN. The number of nitrogens with two attached hydrogens (primary N) is 1. The smallest absolute Gasteiger partial charge is 0.127 e. The average Bonchev–Trinajstić information content (AvgIpc) is 2.68. The summed E-state index contributed by atoms with van der Waals surface area (Å²) in [4.78, 5) is 0. The second kappa shape index (κ2) is 5.69. The molecule has 0 amide bonds. The molecule has 1 aromatic heterocycles. The van der Waals surface area contributed by atoms with E-state index in [2.05, 4.69) is 10.5 Å². The Hall–Kier alpha value is -1.43. The van der Waals surface area contributed by atoms with E-state index in [4.69, 9.17) is 17.4 Å². The maximum absolute atomic E-state index is 13.8. The van der Waals surface area contributed by atoms with Crippen molar-refractivity contribution in [2.45, 2.75) is 19.4 Å². The fraction of sp³-hybridized carbons (Fsp3) is 0.308. The molecule has 1 aromatic carbocycles. The molecule has 2 rings (SSSR count). The van der Waals surface area contributed by atoms with Gasteiger partial charge in [-0.2, -0.15) is 5.10 Å². The summed E-state index contributed by atoms with van der Waals surface area (Å²) in [5, 5.41) is 4.65. The molecule has 4 nitrogen and oxygen atoms in total. The molecule has 1 atom stereocenters. The molecule has 3 N–H and O–H groups in total. The van der Waals surface area contributed by atoms with Crippen LogP contribution in [0.1, 0.15) is 22.9 Å². The summed E-state index contributed by atoms with van der Waals surface area (Å²) in [6, 6.07) is 4.46. The molecule has 0 aliphatic rings. The van der Waals surface area contributed by atoms with E-state index in [0.29, 0.717) is 17.0 Å². The predicted octanol–water partition coefficient (Wildman–Crippen LogP) is 2.27. The summed E-state index contributed by atoms with van der Waals surface area (Å²) < 4.78 is 15.5. The van der Waals surface area contributed by atoms with Gasteiger partial charge in [0.05, 0.1) is 11.7 Å². The Kier molecular flexibility index (Phi) is 4.19. The van der Waals surface area contributed by atoms with Crippen LogP contribution in [0.4, 0.5) is 4.39 Å². The number of aryl methyl sites for hydroxylation is 2. The van der Waals surface area contributed by atoms with Crippen molar-refractivity contribution in [3.05, 3.63) is 52.1 Å². The zero-order chi connectivity index (χ0) is 14.0. The van der Waals surface area contributed by atoms with Crippen molar-refractivity contribution in [1.29, 1.82) is 0 Å². The molecule has 0 saturated carbocycles. The number of halogens is 2. The Morgan fingerprint density at radius 3 is 2.79 bits per heavy atom. The Morgan fingerprint density at radius 1 is 1.53 bits per heavy atom. The standard InChI is InChI=1S/C13H16ClFN4/c1-8-11(7-19(2)18-8)13(17-16)5-9-3-4-10(14)6-12(9)15/h3-4,6-7,13,17H,5,16H2,1-2H3. The van der Waals surface area contributed by atoms with Gasteiger partial charge < -0.3 is 0 Å². The number of hydrogen-bond donors (Lipinski definition) is 2. The van der Waals surface area contributed by atoms with Crippen LogP contribution in [0.3, 0.4) is 0 Å². The normalized spacial score (nSPS) is 12.7. The topological polar surface area (TPSA) is 55.9 Å². The summed E-state index contributed by atoms with van der Waals surface area (Å²) in [5.41, 5.74) is 5.11. The molecule has 0 aliphatic carbocycles. The number of nitrogens with one attached hydrogen (secondary N) is 1. The Morgan fingerprint density at radius 2 is 2.26 bits per heavy atom. The molecule has 1 unspecified atom stereocenters. The highest BCUT2D eigenvalue weighted by Gasteiger charge is 2.17. The highest BCUT2D eigenvalue weighted by Crippen LogP contribution is 2.23. The number of hydrogen-bond acceptors (Lipinski definition) is 3. The molecule has 0 fully saturated rings. The largest absolute Gasteiger partial charge is 0.275 e. The van der Waals surface area contributed by atoms with Crippen LogP contribution in [0.25, 0.3) is 0 Å². The van der Waals surface area contributed by atoms with Crippen molar-refractivity contribution in [3.63, 3.8) is 0 Å². The molecule has 0 saturated heterocycles. The quantitative estimate of drug-likeness (QED) is 0.668. The summed E-state index contributed by atoms with van der Waals surface area (Å²) in [7, 11) is 1.84.